The first kappa shape index (κ1) is 17.0. The Morgan fingerprint density at radius 2 is 2.00 bits per heavy atom. The highest BCUT2D eigenvalue weighted by molar-refractivity contribution is 5.77. The molecule has 0 unspecified atom stereocenters. The first-order chi connectivity index (χ1) is 10.6. The van der Waals surface area contributed by atoms with Gasteiger partial charge in [0.1, 0.15) is 0 Å². The van der Waals surface area contributed by atoms with Gasteiger partial charge < -0.3 is 14.5 Å². The van der Waals surface area contributed by atoms with E-state index in [9.17, 15) is 4.79 Å². The Bertz CT molecular complexity index is 470. The summed E-state index contributed by atoms with van der Waals surface area (Å²) in [5, 5.41) is 0. The summed E-state index contributed by atoms with van der Waals surface area (Å²) in [6, 6.07) is 8.96. The van der Waals surface area contributed by atoms with Crippen LogP contribution in [0.4, 0.5) is 0 Å². The minimum absolute atomic E-state index is 0.212. The first-order valence-electron chi connectivity index (χ1n) is 8.14. The highest BCUT2D eigenvalue weighted by Crippen LogP contribution is 2.31. The Balaban J connectivity index is 2.08. The van der Waals surface area contributed by atoms with Crippen molar-refractivity contribution in [2.24, 2.45) is 0 Å². The van der Waals surface area contributed by atoms with E-state index in [1.54, 1.807) is 7.11 Å². The molecule has 22 heavy (non-hydrogen) atoms. The number of rotatable bonds is 6. The van der Waals surface area contributed by atoms with E-state index in [0.717, 1.165) is 25.9 Å². The molecule has 4 heteroatoms. The normalized spacial score (nSPS) is 18.7. The molecule has 1 saturated heterocycles. The number of piperidine rings is 1. The van der Waals surface area contributed by atoms with Crippen molar-refractivity contribution in [2.75, 3.05) is 34.4 Å². The van der Waals surface area contributed by atoms with Crippen LogP contribution < -0.4 is 0 Å². The predicted molar refractivity (Wildman–Crippen MR) is 88.6 cm³/mol. The van der Waals surface area contributed by atoms with Crippen molar-refractivity contribution in [3.05, 3.63) is 35.4 Å². The van der Waals surface area contributed by atoms with E-state index < -0.39 is 0 Å². The summed E-state index contributed by atoms with van der Waals surface area (Å²) >= 11 is 0. The third-order valence-corrected chi connectivity index (χ3v) is 4.21. The van der Waals surface area contributed by atoms with Gasteiger partial charge in [-0.2, -0.15) is 0 Å². The maximum Gasteiger partial charge on any atom is 0.225 e. The molecule has 0 saturated carbocycles. The van der Waals surface area contributed by atoms with Crippen LogP contribution in [0.3, 0.4) is 0 Å². The molecule has 1 atom stereocenters. The fraction of sp³-hybridized carbons (Fsp3) is 0.611. The minimum Gasteiger partial charge on any atom is -0.384 e. The number of methoxy groups -OCH3 is 1. The zero-order valence-electron chi connectivity index (χ0n) is 14.0. The summed E-state index contributed by atoms with van der Waals surface area (Å²) in [7, 11) is 5.79. The lowest BCUT2D eigenvalue weighted by Crippen LogP contribution is -2.38. The molecule has 0 spiro atoms. The lowest BCUT2D eigenvalue weighted by Gasteiger charge is -2.36. The Morgan fingerprint density at radius 3 is 2.64 bits per heavy atom. The number of hydrogen-bond donors (Lipinski definition) is 0. The number of ether oxygens (including phenoxy) is 1. The van der Waals surface area contributed by atoms with Crippen LogP contribution in [-0.2, 0) is 16.1 Å². The minimum atomic E-state index is 0.212. The molecule has 0 aromatic heterocycles. The third-order valence-electron chi connectivity index (χ3n) is 4.21. The molecule has 1 aromatic rings. The van der Waals surface area contributed by atoms with Gasteiger partial charge in [0.25, 0.3) is 0 Å². The summed E-state index contributed by atoms with van der Waals surface area (Å²) in [5.41, 5.74) is 2.56. The van der Waals surface area contributed by atoms with Crippen LogP contribution in [0.1, 0.15) is 42.9 Å². The van der Waals surface area contributed by atoms with E-state index in [-0.39, 0.29) is 11.9 Å². The molecule has 0 aliphatic carbocycles. The molecule has 1 aliphatic heterocycles. The molecule has 0 N–H and O–H groups in total. The van der Waals surface area contributed by atoms with E-state index in [4.69, 9.17) is 4.74 Å². The molecule has 0 radical (unpaired) electrons. The van der Waals surface area contributed by atoms with Gasteiger partial charge in [-0.25, -0.2) is 0 Å². The smallest absolute Gasteiger partial charge is 0.225 e. The molecule has 1 aromatic carbocycles. The summed E-state index contributed by atoms with van der Waals surface area (Å²) in [5.74, 6) is 0.212. The van der Waals surface area contributed by atoms with Crippen molar-refractivity contribution in [2.45, 2.75) is 38.3 Å². The van der Waals surface area contributed by atoms with Gasteiger partial charge in [-0.15, -0.1) is 0 Å². The van der Waals surface area contributed by atoms with Crippen LogP contribution in [0.25, 0.3) is 0 Å². The van der Waals surface area contributed by atoms with Crippen LogP contribution in [0.15, 0.2) is 24.3 Å². The van der Waals surface area contributed by atoms with E-state index in [1.807, 2.05) is 4.90 Å². The summed E-state index contributed by atoms with van der Waals surface area (Å²) in [4.78, 5) is 16.6. The lowest BCUT2D eigenvalue weighted by atomic mass is 9.94. The second kappa shape index (κ2) is 8.30. The molecule has 4 nitrogen and oxygen atoms in total. The van der Waals surface area contributed by atoms with Crippen LogP contribution >= 0.6 is 0 Å². The number of benzene rings is 1. The van der Waals surface area contributed by atoms with Gasteiger partial charge in [-0.05, 0) is 44.5 Å². The highest BCUT2D eigenvalue weighted by atomic mass is 16.5. The molecule has 1 aliphatic rings. The molecule has 1 fully saturated rings. The molecular weight excluding hydrogens is 276 g/mol. The van der Waals surface area contributed by atoms with Gasteiger partial charge in [0.2, 0.25) is 5.91 Å². The van der Waals surface area contributed by atoms with Gasteiger partial charge >= 0.3 is 0 Å². The Kier molecular flexibility index (Phi) is 6.40. The van der Waals surface area contributed by atoms with Crippen molar-refractivity contribution in [3.63, 3.8) is 0 Å². The Morgan fingerprint density at radius 1 is 1.27 bits per heavy atom. The second-order valence-corrected chi connectivity index (χ2v) is 6.32. The predicted octanol–water partition coefficient (Wildman–Crippen LogP) is 2.84. The van der Waals surface area contributed by atoms with Crippen molar-refractivity contribution in [1.29, 1.82) is 0 Å². The van der Waals surface area contributed by atoms with Gasteiger partial charge in [0.05, 0.1) is 19.1 Å². The maximum absolute atomic E-state index is 12.4. The van der Waals surface area contributed by atoms with Gasteiger partial charge in [0, 0.05) is 20.2 Å². The number of carbonyl (C=O) groups excluding carboxylic acids is 1. The van der Waals surface area contributed by atoms with Crippen LogP contribution in [0, 0.1) is 0 Å². The van der Waals surface area contributed by atoms with Crippen LogP contribution in [-0.4, -0.2) is 50.1 Å². The quantitative estimate of drug-likeness (QED) is 0.810. The molecular formula is C18H28N2O2. The maximum atomic E-state index is 12.4. The summed E-state index contributed by atoms with van der Waals surface area (Å²) in [6.45, 7) is 2.32. The number of hydrogen-bond acceptors (Lipinski definition) is 3. The summed E-state index contributed by atoms with van der Waals surface area (Å²) in [6.07, 6.45) is 3.84. The van der Waals surface area contributed by atoms with E-state index in [0.29, 0.717) is 13.0 Å². The van der Waals surface area contributed by atoms with Crippen LogP contribution in [0.5, 0.6) is 0 Å². The first-order valence-corrected chi connectivity index (χ1v) is 8.14. The van der Waals surface area contributed by atoms with Crippen LogP contribution in [0.2, 0.25) is 0 Å². The highest BCUT2D eigenvalue weighted by Gasteiger charge is 2.27. The number of likely N-dealkylation sites (tertiary alicyclic amines) is 1. The second-order valence-electron chi connectivity index (χ2n) is 6.32. The molecule has 0 bridgehead atoms. The Hall–Kier alpha value is -1.39. The number of amides is 1. The number of nitrogens with zero attached hydrogens (tertiary/aromatic N) is 2. The fourth-order valence-corrected chi connectivity index (χ4v) is 3.12. The topological polar surface area (TPSA) is 32.8 Å². The molecule has 2 rings (SSSR count). The van der Waals surface area contributed by atoms with Gasteiger partial charge in [0.15, 0.2) is 0 Å². The largest absolute Gasteiger partial charge is 0.384 e. The number of carbonyl (C=O) groups is 1. The lowest BCUT2D eigenvalue weighted by molar-refractivity contribution is -0.136. The zero-order valence-corrected chi connectivity index (χ0v) is 14.0. The van der Waals surface area contributed by atoms with Crippen molar-refractivity contribution in [3.8, 4) is 0 Å². The Labute approximate surface area is 134 Å². The monoisotopic (exact) mass is 304 g/mol. The fourth-order valence-electron chi connectivity index (χ4n) is 3.12. The summed E-state index contributed by atoms with van der Waals surface area (Å²) < 4.78 is 5.04. The van der Waals surface area contributed by atoms with E-state index >= 15 is 0 Å². The van der Waals surface area contributed by atoms with Crippen molar-refractivity contribution >= 4 is 5.91 Å². The molecule has 122 valence electrons. The standard InChI is InChI=1S/C18H28N2O2/c1-19(2)14-15-7-9-16(10-8-15)17-6-4-5-12-20(17)18(21)11-13-22-3/h7-10,17H,4-6,11-14H2,1-3H3/t17-/m0/s1. The SMILES string of the molecule is COCCC(=O)N1CCCC[C@H]1c1ccc(CN(C)C)cc1. The third kappa shape index (κ3) is 4.55. The van der Waals surface area contributed by atoms with E-state index in [1.165, 1.54) is 17.5 Å². The van der Waals surface area contributed by atoms with Crippen molar-refractivity contribution < 1.29 is 9.53 Å². The average Bonchev–Trinajstić information content (AvgIpc) is 2.53. The molecule has 1 amide bonds. The van der Waals surface area contributed by atoms with Crippen molar-refractivity contribution in [1.82, 2.24) is 9.80 Å². The van der Waals surface area contributed by atoms with Gasteiger partial charge in [-0.3, -0.25) is 4.79 Å². The molecule has 1 heterocycles. The zero-order chi connectivity index (χ0) is 15.9. The van der Waals surface area contributed by atoms with E-state index in [2.05, 4.69) is 43.3 Å². The van der Waals surface area contributed by atoms with Gasteiger partial charge in [-0.1, -0.05) is 24.3 Å². The average molecular weight is 304 g/mol.